The minimum absolute atomic E-state index is 0.232. The Morgan fingerprint density at radius 1 is 0.938 bits per heavy atom. The van der Waals surface area contributed by atoms with Gasteiger partial charge in [0.1, 0.15) is 5.75 Å². The van der Waals surface area contributed by atoms with Gasteiger partial charge in [0.05, 0.1) is 0 Å². The molecule has 0 bridgehead atoms. The normalized spacial score (nSPS) is 11.7. The molecule has 0 aromatic heterocycles. The van der Waals surface area contributed by atoms with E-state index in [1.165, 1.54) is 18.2 Å². The summed E-state index contributed by atoms with van der Waals surface area (Å²) in [4.78, 5) is 0. The zero-order chi connectivity index (χ0) is 11.8. The lowest BCUT2D eigenvalue weighted by atomic mass is 10.1. The average Bonchev–Trinajstić information content (AvgIpc) is 2.16. The van der Waals surface area contributed by atoms with E-state index in [1.807, 2.05) is 0 Å². The molecule has 0 unspecified atom stereocenters. The summed E-state index contributed by atoms with van der Waals surface area (Å²) in [6.07, 6.45) is -4.67. The molecule has 2 N–H and O–H groups in total. The summed E-state index contributed by atoms with van der Waals surface area (Å²) in [5.41, 5.74) is 6.12. The fourth-order valence-corrected chi connectivity index (χ4v) is 1.44. The van der Waals surface area contributed by atoms with Gasteiger partial charge in [-0.2, -0.15) is 0 Å². The van der Waals surface area contributed by atoms with Crippen molar-refractivity contribution in [1.29, 1.82) is 0 Å². The fraction of sp³-hybridized carbons (Fsp3) is 0.0909. The first-order chi connectivity index (χ1) is 7.44. The van der Waals surface area contributed by atoms with Gasteiger partial charge in [-0.1, -0.05) is 12.1 Å². The Bertz CT molecular complexity index is 522. The van der Waals surface area contributed by atoms with Crippen molar-refractivity contribution in [2.75, 3.05) is 5.73 Å². The van der Waals surface area contributed by atoms with E-state index in [4.69, 9.17) is 5.73 Å². The molecule has 2 aromatic carbocycles. The van der Waals surface area contributed by atoms with E-state index in [0.717, 1.165) is 5.39 Å². The summed E-state index contributed by atoms with van der Waals surface area (Å²) in [6.45, 7) is 0. The first-order valence-electron chi connectivity index (χ1n) is 4.49. The summed E-state index contributed by atoms with van der Waals surface area (Å²) in [6, 6.07) is 9.07. The standard InChI is InChI=1S/C11H8F3NO/c12-11(13,14)16-10-4-2-7-5-9(15)3-1-8(7)6-10/h1-6H,15H2. The molecular formula is C11H8F3NO. The third kappa shape index (κ3) is 2.36. The van der Waals surface area contributed by atoms with Crippen molar-refractivity contribution in [3.63, 3.8) is 0 Å². The summed E-state index contributed by atoms with van der Waals surface area (Å²) >= 11 is 0. The molecule has 0 radical (unpaired) electrons. The van der Waals surface area contributed by atoms with Gasteiger partial charge in [0, 0.05) is 5.69 Å². The number of fused-ring (bicyclic) bond motifs is 1. The number of anilines is 1. The van der Waals surface area contributed by atoms with E-state index in [9.17, 15) is 13.2 Å². The highest BCUT2D eigenvalue weighted by Gasteiger charge is 2.31. The molecule has 16 heavy (non-hydrogen) atoms. The van der Waals surface area contributed by atoms with Crippen LogP contribution in [-0.2, 0) is 0 Å². The van der Waals surface area contributed by atoms with Gasteiger partial charge in [-0.15, -0.1) is 13.2 Å². The molecule has 0 saturated carbocycles. The molecular weight excluding hydrogens is 219 g/mol. The number of alkyl halides is 3. The van der Waals surface area contributed by atoms with Crippen molar-refractivity contribution in [3.05, 3.63) is 36.4 Å². The highest BCUT2D eigenvalue weighted by molar-refractivity contribution is 5.86. The van der Waals surface area contributed by atoms with Crippen LogP contribution in [0.5, 0.6) is 5.75 Å². The number of hydrogen-bond acceptors (Lipinski definition) is 2. The Balaban J connectivity index is 2.41. The van der Waals surface area contributed by atoms with E-state index in [2.05, 4.69) is 4.74 Å². The molecule has 0 fully saturated rings. The van der Waals surface area contributed by atoms with Gasteiger partial charge in [-0.25, -0.2) is 0 Å². The van der Waals surface area contributed by atoms with Crippen LogP contribution >= 0.6 is 0 Å². The van der Waals surface area contributed by atoms with Gasteiger partial charge >= 0.3 is 6.36 Å². The Hall–Kier alpha value is -1.91. The van der Waals surface area contributed by atoms with Crippen molar-refractivity contribution in [2.24, 2.45) is 0 Å². The number of benzene rings is 2. The van der Waals surface area contributed by atoms with Crippen molar-refractivity contribution in [1.82, 2.24) is 0 Å². The quantitative estimate of drug-likeness (QED) is 0.758. The Morgan fingerprint density at radius 3 is 2.25 bits per heavy atom. The van der Waals surface area contributed by atoms with Crippen LogP contribution in [0.3, 0.4) is 0 Å². The minimum atomic E-state index is -4.67. The molecule has 0 atom stereocenters. The Kier molecular flexibility index (Phi) is 2.38. The lowest BCUT2D eigenvalue weighted by Crippen LogP contribution is -2.16. The number of rotatable bonds is 1. The maximum atomic E-state index is 12.0. The van der Waals surface area contributed by atoms with Gasteiger partial charge in [-0.05, 0) is 35.0 Å². The molecule has 84 valence electrons. The SMILES string of the molecule is Nc1ccc2cc(OC(F)(F)F)ccc2c1. The van der Waals surface area contributed by atoms with Crippen LogP contribution in [0.1, 0.15) is 0 Å². The molecule has 0 heterocycles. The van der Waals surface area contributed by atoms with Gasteiger partial charge in [0.25, 0.3) is 0 Å². The van der Waals surface area contributed by atoms with Crippen LogP contribution in [0.15, 0.2) is 36.4 Å². The molecule has 5 heteroatoms. The second-order valence-electron chi connectivity index (χ2n) is 3.32. The average molecular weight is 227 g/mol. The highest BCUT2D eigenvalue weighted by Crippen LogP contribution is 2.27. The smallest absolute Gasteiger partial charge is 0.406 e. The Labute approximate surface area is 89.4 Å². The van der Waals surface area contributed by atoms with Crippen molar-refractivity contribution < 1.29 is 17.9 Å². The van der Waals surface area contributed by atoms with Crippen LogP contribution in [0.2, 0.25) is 0 Å². The molecule has 0 saturated heterocycles. The number of hydrogen-bond donors (Lipinski definition) is 1. The van der Waals surface area contributed by atoms with E-state index < -0.39 is 6.36 Å². The van der Waals surface area contributed by atoms with E-state index in [0.29, 0.717) is 11.1 Å². The molecule has 0 spiro atoms. The summed E-state index contributed by atoms with van der Waals surface area (Å²) in [5.74, 6) is -0.232. The second-order valence-corrected chi connectivity index (χ2v) is 3.32. The summed E-state index contributed by atoms with van der Waals surface area (Å²) < 4.78 is 39.7. The number of halogens is 3. The molecule has 0 aliphatic heterocycles. The Morgan fingerprint density at radius 2 is 1.56 bits per heavy atom. The molecule has 0 aliphatic carbocycles. The molecule has 0 amide bonds. The number of nitrogen functional groups attached to an aromatic ring is 1. The van der Waals surface area contributed by atoms with Crippen molar-refractivity contribution >= 4 is 16.5 Å². The van der Waals surface area contributed by atoms with E-state index >= 15 is 0 Å². The third-order valence-corrected chi connectivity index (χ3v) is 2.07. The van der Waals surface area contributed by atoms with Crippen LogP contribution in [-0.4, -0.2) is 6.36 Å². The zero-order valence-electron chi connectivity index (χ0n) is 8.08. The topological polar surface area (TPSA) is 35.2 Å². The monoisotopic (exact) mass is 227 g/mol. The van der Waals surface area contributed by atoms with Crippen molar-refractivity contribution in [3.8, 4) is 5.75 Å². The molecule has 2 aromatic rings. The van der Waals surface area contributed by atoms with Crippen LogP contribution in [0.25, 0.3) is 10.8 Å². The van der Waals surface area contributed by atoms with Crippen LogP contribution < -0.4 is 10.5 Å². The van der Waals surface area contributed by atoms with Gasteiger partial charge in [0.15, 0.2) is 0 Å². The van der Waals surface area contributed by atoms with Gasteiger partial charge in [-0.3, -0.25) is 0 Å². The second kappa shape index (κ2) is 3.59. The zero-order valence-corrected chi connectivity index (χ0v) is 8.08. The maximum Gasteiger partial charge on any atom is 0.573 e. The largest absolute Gasteiger partial charge is 0.573 e. The van der Waals surface area contributed by atoms with Crippen molar-refractivity contribution in [2.45, 2.75) is 6.36 Å². The lowest BCUT2D eigenvalue weighted by Gasteiger charge is -2.09. The predicted molar refractivity (Wildman–Crippen MR) is 55.0 cm³/mol. The highest BCUT2D eigenvalue weighted by atomic mass is 19.4. The third-order valence-electron chi connectivity index (χ3n) is 2.07. The first kappa shape index (κ1) is 10.6. The van der Waals surface area contributed by atoms with E-state index in [1.54, 1.807) is 18.2 Å². The molecule has 2 nitrogen and oxygen atoms in total. The maximum absolute atomic E-state index is 12.0. The van der Waals surface area contributed by atoms with Crippen LogP contribution in [0.4, 0.5) is 18.9 Å². The predicted octanol–water partition coefficient (Wildman–Crippen LogP) is 3.32. The lowest BCUT2D eigenvalue weighted by molar-refractivity contribution is -0.274. The summed E-state index contributed by atoms with van der Waals surface area (Å²) in [7, 11) is 0. The number of ether oxygens (including phenoxy) is 1. The van der Waals surface area contributed by atoms with Crippen LogP contribution in [0, 0.1) is 0 Å². The molecule has 0 aliphatic rings. The van der Waals surface area contributed by atoms with E-state index in [-0.39, 0.29) is 5.75 Å². The summed E-state index contributed by atoms with van der Waals surface area (Å²) in [5, 5.41) is 1.42. The first-order valence-corrected chi connectivity index (χ1v) is 4.49. The van der Waals surface area contributed by atoms with Gasteiger partial charge < -0.3 is 10.5 Å². The minimum Gasteiger partial charge on any atom is -0.406 e. The molecule has 2 rings (SSSR count). The van der Waals surface area contributed by atoms with Gasteiger partial charge in [0.2, 0.25) is 0 Å². The fourth-order valence-electron chi connectivity index (χ4n) is 1.44. The number of nitrogens with two attached hydrogens (primary N) is 1.